The number of nitrogens with zero attached hydrogens (tertiary/aromatic N) is 2. The summed E-state index contributed by atoms with van der Waals surface area (Å²) in [7, 11) is 6.22. The molecule has 1 fully saturated rings. The molecule has 0 N–H and O–H groups in total. The van der Waals surface area contributed by atoms with Crippen LogP contribution >= 0.6 is 0 Å². The molecule has 19 heavy (non-hydrogen) atoms. The Morgan fingerprint density at radius 1 is 1.32 bits per heavy atom. The minimum Gasteiger partial charge on any atom is -0.497 e. The van der Waals surface area contributed by atoms with E-state index in [9.17, 15) is 0 Å². The van der Waals surface area contributed by atoms with E-state index in [-0.39, 0.29) is 5.41 Å². The Morgan fingerprint density at radius 3 is 2.68 bits per heavy atom. The summed E-state index contributed by atoms with van der Waals surface area (Å²) in [5, 5.41) is 0. The molecule has 0 amide bonds. The van der Waals surface area contributed by atoms with Crippen molar-refractivity contribution in [3.05, 3.63) is 23.8 Å². The number of likely N-dealkylation sites (N-methyl/N-ethyl adjacent to an activating group) is 2. The average Bonchev–Trinajstić information content (AvgIpc) is 2.87. The van der Waals surface area contributed by atoms with Gasteiger partial charge in [0.15, 0.2) is 0 Å². The molecule has 2 heterocycles. The molecule has 2 aliphatic heterocycles. The Morgan fingerprint density at radius 2 is 2.05 bits per heavy atom. The van der Waals surface area contributed by atoms with Gasteiger partial charge in [-0.15, -0.1) is 0 Å². The molecular weight excluding hydrogens is 236 g/mol. The molecule has 2 atom stereocenters. The van der Waals surface area contributed by atoms with Gasteiger partial charge in [0.2, 0.25) is 0 Å². The molecule has 0 radical (unpaired) electrons. The van der Waals surface area contributed by atoms with E-state index in [0.717, 1.165) is 5.75 Å². The zero-order valence-electron chi connectivity index (χ0n) is 12.6. The molecule has 0 unspecified atom stereocenters. The van der Waals surface area contributed by atoms with Gasteiger partial charge in [-0.1, -0.05) is 13.8 Å². The van der Waals surface area contributed by atoms with Crippen molar-refractivity contribution in [2.24, 2.45) is 5.92 Å². The first-order valence-electron chi connectivity index (χ1n) is 7.14. The van der Waals surface area contributed by atoms with Crippen molar-refractivity contribution < 1.29 is 4.74 Å². The standard InChI is InChI=1S/C16H24N2O/c1-11(2)16-8-9-17(3)15(16)18(4)14-7-6-12(19-5)10-13(14)16/h6-7,10-11,15H,8-9H2,1-5H3/t15-,16-/m1/s1. The molecule has 0 aromatic heterocycles. The highest BCUT2D eigenvalue weighted by atomic mass is 16.5. The van der Waals surface area contributed by atoms with Gasteiger partial charge in [0.1, 0.15) is 5.75 Å². The van der Waals surface area contributed by atoms with Crippen molar-refractivity contribution in [2.45, 2.75) is 31.8 Å². The maximum absolute atomic E-state index is 5.44. The van der Waals surface area contributed by atoms with Gasteiger partial charge in [0.25, 0.3) is 0 Å². The maximum atomic E-state index is 5.44. The first kappa shape index (κ1) is 12.8. The number of methoxy groups -OCH3 is 1. The smallest absolute Gasteiger partial charge is 0.119 e. The van der Waals surface area contributed by atoms with E-state index >= 15 is 0 Å². The molecule has 0 spiro atoms. The van der Waals surface area contributed by atoms with Gasteiger partial charge in [-0.2, -0.15) is 0 Å². The van der Waals surface area contributed by atoms with Crippen LogP contribution in [0.2, 0.25) is 0 Å². The van der Waals surface area contributed by atoms with Crippen LogP contribution in [0.4, 0.5) is 5.69 Å². The predicted molar refractivity (Wildman–Crippen MR) is 78.9 cm³/mol. The number of anilines is 1. The van der Waals surface area contributed by atoms with Crippen LogP contribution in [0.15, 0.2) is 18.2 Å². The lowest BCUT2D eigenvalue weighted by atomic mass is 9.70. The summed E-state index contributed by atoms with van der Waals surface area (Å²) in [6.45, 7) is 5.88. The molecule has 0 saturated carbocycles. The second-order valence-electron chi connectivity index (χ2n) is 6.29. The Hall–Kier alpha value is -1.22. The van der Waals surface area contributed by atoms with Crippen molar-refractivity contribution in [1.29, 1.82) is 0 Å². The van der Waals surface area contributed by atoms with Crippen LogP contribution in [0.5, 0.6) is 5.75 Å². The zero-order chi connectivity index (χ0) is 13.8. The Labute approximate surface area is 116 Å². The van der Waals surface area contributed by atoms with E-state index in [0.29, 0.717) is 12.1 Å². The van der Waals surface area contributed by atoms with Crippen LogP contribution < -0.4 is 9.64 Å². The van der Waals surface area contributed by atoms with Gasteiger partial charge in [-0.05, 0) is 43.1 Å². The Kier molecular flexibility index (Phi) is 2.79. The normalized spacial score (nSPS) is 29.8. The summed E-state index contributed by atoms with van der Waals surface area (Å²) in [6.07, 6.45) is 1.71. The largest absolute Gasteiger partial charge is 0.497 e. The molecule has 1 saturated heterocycles. The van der Waals surface area contributed by atoms with Crippen LogP contribution in [0.1, 0.15) is 25.8 Å². The summed E-state index contributed by atoms with van der Waals surface area (Å²) in [5.41, 5.74) is 3.08. The predicted octanol–water partition coefficient (Wildman–Crippen LogP) is 2.70. The van der Waals surface area contributed by atoms with Gasteiger partial charge in [-0.25, -0.2) is 0 Å². The molecule has 0 aliphatic carbocycles. The van der Waals surface area contributed by atoms with Crippen molar-refractivity contribution in [3.63, 3.8) is 0 Å². The van der Waals surface area contributed by atoms with Crippen molar-refractivity contribution in [2.75, 3.05) is 32.6 Å². The van der Waals surface area contributed by atoms with Crippen LogP contribution in [0.3, 0.4) is 0 Å². The molecule has 104 valence electrons. The number of fused-ring (bicyclic) bond motifs is 3. The van der Waals surface area contributed by atoms with Crippen LogP contribution in [-0.2, 0) is 5.41 Å². The topological polar surface area (TPSA) is 15.7 Å². The van der Waals surface area contributed by atoms with Crippen molar-refractivity contribution in [3.8, 4) is 5.75 Å². The highest BCUT2D eigenvalue weighted by Crippen LogP contribution is 2.55. The number of rotatable bonds is 2. The van der Waals surface area contributed by atoms with Gasteiger partial charge < -0.3 is 9.64 Å². The van der Waals surface area contributed by atoms with E-state index in [4.69, 9.17) is 4.74 Å². The minimum absolute atomic E-state index is 0.243. The van der Waals surface area contributed by atoms with Crippen LogP contribution in [0, 0.1) is 5.92 Å². The summed E-state index contributed by atoms with van der Waals surface area (Å²) in [6, 6.07) is 6.54. The number of hydrogen-bond acceptors (Lipinski definition) is 3. The fourth-order valence-electron chi connectivity index (χ4n) is 4.27. The molecule has 3 heteroatoms. The molecule has 3 rings (SSSR count). The number of benzene rings is 1. The first-order chi connectivity index (χ1) is 9.02. The fraction of sp³-hybridized carbons (Fsp3) is 0.625. The highest BCUT2D eigenvalue weighted by Gasteiger charge is 2.56. The van der Waals surface area contributed by atoms with Crippen molar-refractivity contribution >= 4 is 5.69 Å². The van der Waals surface area contributed by atoms with Crippen molar-refractivity contribution in [1.82, 2.24) is 4.90 Å². The summed E-state index contributed by atoms with van der Waals surface area (Å²) < 4.78 is 5.44. The lowest BCUT2D eigenvalue weighted by molar-refractivity contribution is 0.212. The second kappa shape index (κ2) is 4.14. The molecule has 0 bridgehead atoms. The summed E-state index contributed by atoms with van der Waals surface area (Å²) >= 11 is 0. The van der Waals surface area contributed by atoms with E-state index in [1.807, 2.05) is 0 Å². The zero-order valence-corrected chi connectivity index (χ0v) is 12.6. The Balaban J connectivity index is 2.21. The van der Waals surface area contributed by atoms with E-state index in [1.54, 1.807) is 7.11 Å². The van der Waals surface area contributed by atoms with Gasteiger partial charge in [0.05, 0.1) is 13.3 Å². The number of likely N-dealkylation sites (tertiary alicyclic amines) is 1. The second-order valence-corrected chi connectivity index (χ2v) is 6.29. The summed E-state index contributed by atoms with van der Waals surface area (Å²) in [5.74, 6) is 1.60. The molecule has 2 aliphatic rings. The number of ether oxygens (including phenoxy) is 1. The van der Waals surface area contributed by atoms with Gasteiger partial charge in [0, 0.05) is 24.7 Å². The lowest BCUT2D eigenvalue weighted by Gasteiger charge is -2.38. The molecule has 1 aromatic rings. The average molecular weight is 260 g/mol. The molecular formula is C16H24N2O. The molecule has 3 nitrogen and oxygen atoms in total. The number of hydrogen-bond donors (Lipinski definition) is 0. The van der Waals surface area contributed by atoms with Crippen LogP contribution in [0.25, 0.3) is 0 Å². The molecule has 1 aromatic carbocycles. The monoisotopic (exact) mass is 260 g/mol. The third-order valence-electron chi connectivity index (χ3n) is 5.24. The minimum atomic E-state index is 0.243. The third kappa shape index (κ3) is 1.48. The SMILES string of the molecule is COc1ccc2c(c1)[C@]1(C(C)C)CCN(C)[C@@H]1N2C. The van der Waals surface area contributed by atoms with Gasteiger partial charge >= 0.3 is 0 Å². The van der Waals surface area contributed by atoms with E-state index in [1.165, 1.54) is 24.2 Å². The first-order valence-corrected chi connectivity index (χ1v) is 7.14. The fourth-order valence-corrected chi connectivity index (χ4v) is 4.27. The lowest BCUT2D eigenvalue weighted by Crippen LogP contribution is -2.49. The van der Waals surface area contributed by atoms with Crippen LogP contribution in [-0.4, -0.2) is 38.8 Å². The third-order valence-corrected chi connectivity index (χ3v) is 5.24. The quantitative estimate of drug-likeness (QED) is 0.813. The maximum Gasteiger partial charge on any atom is 0.119 e. The Bertz CT molecular complexity index is 500. The summed E-state index contributed by atoms with van der Waals surface area (Å²) in [4.78, 5) is 4.94. The highest BCUT2D eigenvalue weighted by molar-refractivity contribution is 5.66. The van der Waals surface area contributed by atoms with E-state index < -0.39 is 0 Å². The van der Waals surface area contributed by atoms with E-state index in [2.05, 4.69) is 55.9 Å². The van der Waals surface area contributed by atoms with Gasteiger partial charge in [-0.3, -0.25) is 4.90 Å².